The number of aromatic nitrogens is 1. The normalized spacial score (nSPS) is 14.4. The Bertz CT molecular complexity index is 1060. The first-order valence-electron chi connectivity index (χ1n) is 7.79. The highest BCUT2D eigenvalue weighted by molar-refractivity contribution is 6.29. The minimum Gasteiger partial charge on any atom is -0.357 e. The predicted octanol–water partition coefficient (Wildman–Crippen LogP) is 3.31. The molecule has 0 unspecified atom stereocenters. The summed E-state index contributed by atoms with van der Waals surface area (Å²) >= 11 is 0. The van der Waals surface area contributed by atoms with Gasteiger partial charge in [-0.1, -0.05) is 30.3 Å². The molecule has 1 heterocycles. The number of pyridine rings is 1. The molecule has 0 aliphatic heterocycles. The number of hydrogen-bond acceptors (Lipinski definition) is 3. The Morgan fingerprint density at radius 1 is 0.875 bits per heavy atom. The van der Waals surface area contributed by atoms with Crippen molar-refractivity contribution in [3.05, 3.63) is 80.6 Å². The number of carbonyl (C=O) groups is 2. The molecule has 0 atom stereocenters. The van der Waals surface area contributed by atoms with Crippen LogP contribution in [-0.4, -0.2) is 16.6 Å². The molecule has 0 fully saturated rings. The lowest BCUT2D eigenvalue weighted by molar-refractivity contribution is 0.0888. The lowest BCUT2D eigenvalue weighted by Gasteiger charge is -2.11. The molecule has 0 amide bonds. The lowest BCUT2D eigenvalue weighted by atomic mass is 9.97. The summed E-state index contributed by atoms with van der Waals surface area (Å²) in [5.74, 6) is -1.47. The maximum atomic E-state index is 12.6. The third-order valence-electron chi connectivity index (χ3n) is 4.59. The number of aromatic amines is 1. The zero-order chi connectivity index (χ0) is 17.0. The summed E-state index contributed by atoms with van der Waals surface area (Å²) in [5.41, 5.74) is 3.59. The van der Waals surface area contributed by atoms with Crippen LogP contribution >= 0.6 is 0 Å². The third kappa shape index (κ3) is 1.96. The average molecular weight is 317 g/mol. The van der Waals surface area contributed by atoms with Gasteiger partial charge in [0.1, 0.15) is 5.92 Å². The van der Waals surface area contributed by atoms with Gasteiger partial charge in [0.2, 0.25) is 0 Å². The van der Waals surface area contributed by atoms with Crippen LogP contribution < -0.4 is 5.43 Å². The van der Waals surface area contributed by atoms with Crippen LogP contribution in [-0.2, 0) is 0 Å². The van der Waals surface area contributed by atoms with Gasteiger partial charge in [-0.3, -0.25) is 14.4 Å². The van der Waals surface area contributed by atoms with E-state index < -0.39 is 5.92 Å². The molecule has 0 bridgehead atoms. The predicted molar refractivity (Wildman–Crippen MR) is 91.9 cm³/mol. The monoisotopic (exact) mass is 317 g/mol. The smallest absolute Gasteiger partial charge is 0.189 e. The Balaban J connectivity index is 1.94. The van der Waals surface area contributed by atoms with Gasteiger partial charge in [-0.15, -0.1) is 0 Å². The highest BCUT2D eigenvalue weighted by Gasteiger charge is 2.40. The molecule has 0 saturated heterocycles. The summed E-state index contributed by atoms with van der Waals surface area (Å²) < 4.78 is 0. The van der Waals surface area contributed by atoms with E-state index in [9.17, 15) is 14.4 Å². The molecule has 0 radical (unpaired) electrons. The fourth-order valence-electron chi connectivity index (χ4n) is 3.58. The molecule has 0 saturated carbocycles. The number of nitrogens with one attached hydrogen (secondary N) is 1. The molecule has 3 aromatic rings. The van der Waals surface area contributed by atoms with Crippen molar-refractivity contribution in [2.24, 2.45) is 0 Å². The van der Waals surface area contributed by atoms with Crippen LogP contribution in [0.25, 0.3) is 10.9 Å². The summed E-state index contributed by atoms with van der Waals surface area (Å²) in [6, 6.07) is 12.0. The number of fused-ring (bicyclic) bond motifs is 2. The molecule has 4 rings (SSSR count). The Labute approximate surface area is 138 Å². The summed E-state index contributed by atoms with van der Waals surface area (Å²) in [6.07, 6.45) is 0. The average Bonchev–Trinajstić information content (AvgIpc) is 2.78. The molecule has 4 nitrogen and oxygen atoms in total. The first-order chi connectivity index (χ1) is 11.5. The van der Waals surface area contributed by atoms with Crippen molar-refractivity contribution in [3.8, 4) is 0 Å². The summed E-state index contributed by atoms with van der Waals surface area (Å²) in [5, 5.41) is 0.597. The van der Waals surface area contributed by atoms with Gasteiger partial charge in [-0.2, -0.15) is 0 Å². The topological polar surface area (TPSA) is 67.0 Å². The Morgan fingerprint density at radius 2 is 1.50 bits per heavy atom. The van der Waals surface area contributed by atoms with E-state index in [1.807, 2.05) is 26.0 Å². The number of benzene rings is 2. The number of H-pyrrole nitrogens is 1. The second kappa shape index (κ2) is 4.99. The van der Waals surface area contributed by atoms with Crippen molar-refractivity contribution >= 4 is 22.5 Å². The van der Waals surface area contributed by atoms with Crippen molar-refractivity contribution in [2.45, 2.75) is 19.8 Å². The molecule has 1 N–H and O–H groups in total. The fourth-order valence-corrected chi connectivity index (χ4v) is 3.58. The zero-order valence-electron chi connectivity index (χ0n) is 13.3. The van der Waals surface area contributed by atoms with Gasteiger partial charge in [0.15, 0.2) is 17.0 Å². The van der Waals surface area contributed by atoms with Gasteiger partial charge in [0, 0.05) is 28.3 Å². The molecule has 0 spiro atoms. The maximum Gasteiger partial charge on any atom is 0.189 e. The third-order valence-corrected chi connectivity index (χ3v) is 4.59. The van der Waals surface area contributed by atoms with Gasteiger partial charge in [0.05, 0.1) is 5.52 Å². The van der Waals surface area contributed by atoms with Crippen LogP contribution in [0.3, 0.4) is 0 Å². The number of Topliss-reactive ketones (excluding diaryl/α,β-unsaturated/α-hetero) is 2. The van der Waals surface area contributed by atoms with Gasteiger partial charge < -0.3 is 4.98 Å². The van der Waals surface area contributed by atoms with Gasteiger partial charge in [-0.05, 0) is 31.0 Å². The van der Waals surface area contributed by atoms with E-state index >= 15 is 0 Å². The molecule has 24 heavy (non-hydrogen) atoms. The largest absolute Gasteiger partial charge is 0.357 e. The second-order valence-corrected chi connectivity index (χ2v) is 6.30. The highest BCUT2D eigenvalue weighted by atomic mass is 16.2. The zero-order valence-corrected chi connectivity index (χ0v) is 13.3. The van der Waals surface area contributed by atoms with Gasteiger partial charge in [-0.25, -0.2) is 0 Å². The van der Waals surface area contributed by atoms with E-state index in [0.717, 1.165) is 11.1 Å². The SMILES string of the molecule is Cc1cc(C)c2c(=O)cc(C3C(=O)c4ccccc4C3=O)[nH]c2c1. The van der Waals surface area contributed by atoms with Crippen molar-refractivity contribution in [1.82, 2.24) is 4.98 Å². The van der Waals surface area contributed by atoms with Crippen LogP contribution in [0.1, 0.15) is 43.5 Å². The fraction of sp³-hybridized carbons (Fsp3) is 0.150. The van der Waals surface area contributed by atoms with Gasteiger partial charge in [0.25, 0.3) is 0 Å². The number of carbonyl (C=O) groups excluding carboxylic acids is 2. The Kier molecular flexibility index (Phi) is 3.03. The van der Waals surface area contributed by atoms with Crippen LogP contribution in [0.4, 0.5) is 0 Å². The van der Waals surface area contributed by atoms with E-state index in [0.29, 0.717) is 27.7 Å². The van der Waals surface area contributed by atoms with Crippen molar-refractivity contribution in [2.75, 3.05) is 0 Å². The molecular formula is C20H15NO3. The minimum atomic E-state index is -0.958. The first kappa shape index (κ1) is 14.6. The molecular weight excluding hydrogens is 302 g/mol. The van der Waals surface area contributed by atoms with E-state index in [1.165, 1.54) is 6.07 Å². The van der Waals surface area contributed by atoms with Crippen molar-refractivity contribution in [1.29, 1.82) is 0 Å². The van der Waals surface area contributed by atoms with Crippen LogP contribution in [0.2, 0.25) is 0 Å². The molecule has 4 heteroatoms. The molecule has 118 valence electrons. The molecule has 1 aromatic heterocycles. The van der Waals surface area contributed by atoms with Crippen LogP contribution in [0.15, 0.2) is 47.3 Å². The van der Waals surface area contributed by atoms with E-state index in [2.05, 4.69) is 4.98 Å². The quantitative estimate of drug-likeness (QED) is 0.700. The van der Waals surface area contributed by atoms with Crippen LogP contribution in [0.5, 0.6) is 0 Å². The van der Waals surface area contributed by atoms with E-state index in [1.54, 1.807) is 24.3 Å². The molecule has 1 aliphatic carbocycles. The summed E-state index contributed by atoms with van der Waals surface area (Å²) in [6.45, 7) is 3.82. The molecule has 2 aromatic carbocycles. The first-order valence-corrected chi connectivity index (χ1v) is 7.79. The maximum absolute atomic E-state index is 12.6. The standard InChI is InChI=1S/C20H15NO3/c1-10-7-11(2)17-14(8-10)21-15(9-16(17)22)18-19(23)12-5-3-4-6-13(12)20(18)24/h3-9,18H,1-2H3,(H,21,22). The summed E-state index contributed by atoms with van der Waals surface area (Å²) in [7, 11) is 0. The number of aryl methyl sites for hydroxylation is 2. The Hall–Kier alpha value is -3.01. The van der Waals surface area contributed by atoms with Gasteiger partial charge >= 0.3 is 0 Å². The van der Waals surface area contributed by atoms with E-state index in [4.69, 9.17) is 0 Å². The number of rotatable bonds is 1. The van der Waals surface area contributed by atoms with Crippen molar-refractivity contribution in [3.63, 3.8) is 0 Å². The Morgan fingerprint density at radius 3 is 2.12 bits per heavy atom. The summed E-state index contributed by atoms with van der Waals surface area (Å²) in [4.78, 5) is 41.0. The lowest BCUT2D eigenvalue weighted by Crippen LogP contribution is -2.18. The van der Waals surface area contributed by atoms with Crippen LogP contribution in [0, 0.1) is 13.8 Å². The van der Waals surface area contributed by atoms with Crippen molar-refractivity contribution < 1.29 is 9.59 Å². The second-order valence-electron chi connectivity index (χ2n) is 6.30. The number of hydrogen-bond donors (Lipinski definition) is 1. The number of ketones is 2. The van der Waals surface area contributed by atoms with E-state index in [-0.39, 0.29) is 17.0 Å². The molecule has 1 aliphatic rings. The minimum absolute atomic E-state index is 0.173. The highest BCUT2D eigenvalue weighted by Crippen LogP contribution is 2.33.